The molecule has 37 heavy (non-hydrogen) atoms. The maximum atomic E-state index is 12.7. The third-order valence-electron chi connectivity index (χ3n) is 6.31. The van der Waals surface area contributed by atoms with Crippen LogP contribution < -0.4 is 15.4 Å². The number of aryl methyl sites for hydroxylation is 1. The van der Waals surface area contributed by atoms with Crippen LogP contribution in [0.25, 0.3) is 0 Å². The van der Waals surface area contributed by atoms with E-state index in [1.165, 1.54) is 22.4 Å². The van der Waals surface area contributed by atoms with E-state index < -0.39 is 16.1 Å². The smallest absolute Gasteiger partial charge is 0.262 e. The van der Waals surface area contributed by atoms with Crippen LogP contribution in [0.15, 0.2) is 66.1 Å². The molecule has 2 aromatic carbocycles. The average molecular weight is 530 g/mol. The molecule has 3 aromatic rings. The van der Waals surface area contributed by atoms with Crippen molar-refractivity contribution in [1.29, 1.82) is 0 Å². The molecule has 200 valence electrons. The number of ether oxygens (including phenoxy) is 1. The lowest BCUT2D eigenvalue weighted by atomic mass is 10.1. The number of anilines is 1. The van der Waals surface area contributed by atoms with Crippen molar-refractivity contribution in [3.8, 4) is 11.5 Å². The Labute approximate surface area is 218 Å². The van der Waals surface area contributed by atoms with Crippen LogP contribution in [0, 0.1) is 0 Å². The van der Waals surface area contributed by atoms with Crippen LogP contribution in [0.2, 0.25) is 0 Å². The molecule has 0 aliphatic carbocycles. The second-order valence-corrected chi connectivity index (χ2v) is 11.2. The lowest BCUT2D eigenvalue weighted by Crippen LogP contribution is -2.42. The quantitative estimate of drug-likeness (QED) is 0.262. The van der Waals surface area contributed by atoms with E-state index in [1.54, 1.807) is 35.9 Å². The monoisotopic (exact) mass is 529 g/mol. The Morgan fingerprint density at radius 2 is 1.81 bits per heavy atom. The van der Waals surface area contributed by atoms with Gasteiger partial charge in [0.25, 0.3) is 10.0 Å². The summed E-state index contributed by atoms with van der Waals surface area (Å²) in [5.41, 5.74) is 2.20. The van der Waals surface area contributed by atoms with Gasteiger partial charge in [-0.3, -0.25) is 0 Å². The number of piperidine rings is 1. The number of nitrogens with zero attached hydrogens (tertiary/aromatic N) is 3. The Balaban J connectivity index is 1.13. The van der Waals surface area contributed by atoms with Crippen LogP contribution in [0.3, 0.4) is 0 Å². The first-order valence-electron chi connectivity index (χ1n) is 12.4. The Morgan fingerprint density at radius 1 is 1.11 bits per heavy atom. The minimum atomic E-state index is -3.54. The molecule has 1 aliphatic heterocycles. The molecule has 0 spiro atoms. The van der Waals surface area contributed by atoms with E-state index in [0.29, 0.717) is 25.4 Å². The standard InChI is InChI=1S/C26H35N5O5S/c1-30-17-26(28-19-30)37(34,35)31-14-11-22(12-15-31)29-21-4-2-20(3-5-21)10-13-27-16-24(33)18-36-25-8-6-23(32)7-9-25/h2-9,17,19,22,24,27,29,32-33H,10-16,18H2,1H3/t24-/m0/s1. The number of hydrogen-bond acceptors (Lipinski definition) is 8. The lowest BCUT2D eigenvalue weighted by Gasteiger charge is -2.31. The predicted octanol–water partition coefficient (Wildman–Crippen LogP) is 1.96. The highest BCUT2D eigenvalue weighted by Crippen LogP contribution is 2.22. The maximum Gasteiger partial charge on any atom is 0.262 e. The van der Waals surface area contributed by atoms with E-state index >= 15 is 0 Å². The minimum Gasteiger partial charge on any atom is -0.508 e. The molecule has 1 aliphatic rings. The van der Waals surface area contributed by atoms with Crippen LogP contribution >= 0.6 is 0 Å². The van der Waals surface area contributed by atoms with Crippen molar-refractivity contribution in [3.05, 3.63) is 66.6 Å². The highest BCUT2D eigenvalue weighted by Gasteiger charge is 2.30. The second-order valence-electron chi connectivity index (χ2n) is 9.31. The summed E-state index contributed by atoms with van der Waals surface area (Å²) >= 11 is 0. The fraction of sp³-hybridized carbons (Fsp3) is 0.423. The zero-order valence-corrected chi connectivity index (χ0v) is 21.8. The molecule has 0 unspecified atom stereocenters. The number of aliphatic hydroxyl groups is 1. The summed E-state index contributed by atoms with van der Waals surface area (Å²) in [6.07, 6.45) is 4.70. The lowest BCUT2D eigenvalue weighted by molar-refractivity contribution is 0.106. The number of hydrogen-bond donors (Lipinski definition) is 4. The van der Waals surface area contributed by atoms with Gasteiger partial charge in [-0.1, -0.05) is 12.1 Å². The van der Waals surface area contributed by atoms with Gasteiger partial charge in [-0.25, -0.2) is 13.4 Å². The largest absolute Gasteiger partial charge is 0.508 e. The van der Waals surface area contributed by atoms with E-state index in [4.69, 9.17) is 4.74 Å². The van der Waals surface area contributed by atoms with Gasteiger partial charge in [0.05, 0.1) is 6.33 Å². The summed E-state index contributed by atoms with van der Waals surface area (Å²) in [7, 11) is -1.78. The highest BCUT2D eigenvalue weighted by molar-refractivity contribution is 7.89. The Bertz CT molecular complexity index is 1220. The van der Waals surface area contributed by atoms with Crippen molar-refractivity contribution in [2.75, 3.05) is 38.1 Å². The first-order valence-corrected chi connectivity index (χ1v) is 13.9. The number of imidazole rings is 1. The molecular weight excluding hydrogens is 494 g/mol. The third-order valence-corrected chi connectivity index (χ3v) is 8.10. The van der Waals surface area contributed by atoms with Gasteiger partial charge >= 0.3 is 0 Å². The average Bonchev–Trinajstić information content (AvgIpc) is 3.35. The fourth-order valence-corrected chi connectivity index (χ4v) is 5.63. The van der Waals surface area contributed by atoms with Gasteiger partial charge in [-0.15, -0.1) is 0 Å². The number of sulfonamides is 1. The zero-order valence-electron chi connectivity index (χ0n) is 21.0. The molecule has 11 heteroatoms. The molecule has 4 N–H and O–H groups in total. The first kappa shape index (κ1) is 26.9. The normalized spacial score (nSPS) is 15.9. The van der Waals surface area contributed by atoms with Gasteiger partial charge in [0, 0.05) is 44.6 Å². The number of rotatable bonds is 12. The molecular formula is C26H35N5O5S. The van der Waals surface area contributed by atoms with Crippen LogP contribution in [0.4, 0.5) is 5.69 Å². The number of aliphatic hydroxyl groups excluding tert-OH is 1. The van der Waals surface area contributed by atoms with Crippen molar-refractivity contribution in [2.24, 2.45) is 7.05 Å². The maximum absolute atomic E-state index is 12.7. The predicted molar refractivity (Wildman–Crippen MR) is 141 cm³/mol. The molecule has 1 fully saturated rings. The summed E-state index contributed by atoms with van der Waals surface area (Å²) in [5.74, 6) is 0.777. The summed E-state index contributed by atoms with van der Waals surface area (Å²) in [5, 5.41) is 26.2. The van der Waals surface area contributed by atoms with E-state index in [-0.39, 0.29) is 23.4 Å². The van der Waals surface area contributed by atoms with Crippen LogP contribution in [-0.2, 0) is 23.5 Å². The number of nitrogens with one attached hydrogen (secondary N) is 2. The number of aromatic nitrogens is 2. The van der Waals surface area contributed by atoms with Crippen LogP contribution in [0.5, 0.6) is 11.5 Å². The molecule has 0 radical (unpaired) electrons. The number of benzene rings is 2. The van der Waals surface area contributed by atoms with Gasteiger partial charge in [-0.2, -0.15) is 4.31 Å². The minimum absolute atomic E-state index is 0.100. The number of aromatic hydroxyl groups is 1. The molecule has 1 atom stereocenters. The first-order chi connectivity index (χ1) is 17.8. The van der Waals surface area contributed by atoms with Crippen molar-refractivity contribution < 1.29 is 23.4 Å². The Morgan fingerprint density at radius 3 is 2.46 bits per heavy atom. The van der Waals surface area contributed by atoms with Crippen molar-refractivity contribution in [2.45, 2.75) is 36.4 Å². The van der Waals surface area contributed by atoms with Crippen LogP contribution in [-0.4, -0.2) is 77.4 Å². The van der Waals surface area contributed by atoms with Gasteiger partial charge in [-0.05, 0) is 67.8 Å². The summed E-state index contributed by atoms with van der Waals surface area (Å²) < 4.78 is 34.2. The molecule has 1 saturated heterocycles. The summed E-state index contributed by atoms with van der Waals surface area (Å²) in [4.78, 5) is 4.00. The van der Waals surface area contributed by atoms with Gasteiger partial charge in [0.1, 0.15) is 24.2 Å². The molecule has 2 heterocycles. The van der Waals surface area contributed by atoms with E-state index in [9.17, 15) is 18.6 Å². The molecule has 0 amide bonds. The number of phenols is 1. The van der Waals surface area contributed by atoms with E-state index in [1.807, 2.05) is 12.1 Å². The van der Waals surface area contributed by atoms with Gasteiger partial charge in [0.15, 0.2) is 5.03 Å². The van der Waals surface area contributed by atoms with Crippen LogP contribution in [0.1, 0.15) is 18.4 Å². The molecule has 4 rings (SSSR count). The summed E-state index contributed by atoms with van der Waals surface area (Å²) in [6, 6.07) is 14.9. The van der Waals surface area contributed by atoms with Gasteiger partial charge < -0.3 is 30.2 Å². The SMILES string of the molecule is Cn1cnc(S(=O)(=O)N2CCC(Nc3ccc(CCNC[C@H](O)COc4ccc(O)cc4)cc3)CC2)c1. The molecule has 0 saturated carbocycles. The van der Waals surface area contributed by atoms with E-state index in [2.05, 4.69) is 27.8 Å². The molecule has 1 aromatic heterocycles. The topological polar surface area (TPSA) is 129 Å². The molecule has 10 nitrogen and oxygen atoms in total. The molecule has 0 bridgehead atoms. The summed E-state index contributed by atoms with van der Waals surface area (Å²) in [6.45, 7) is 2.25. The number of phenolic OH excluding ortho intramolecular Hbond substituents is 1. The third kappa shape index (κ3) is 7.68. The highest BCUT2D eigenvalue weighted by atomic mass is 32.2. The van der Waals surface area contributed by atoms with Crippen molar-refractivity contribution in [3.63, 3.8) is 0 Å². The van der Waals surface area contributed by atoms with Gasteiger partial charge in [0.2, 0.25) is 0 Å². The van der Waals surface area contributed by atoms with Crippen molar-refractivity contribution >= 4 is 15.7 Å². The Kier molecular flexibility index (Phi) is 9.04. The Hall–Kier alpha value is -3.12. The fourth-order valence-electron chi connectivity index (χ4n) is 4.19. The van der Waals surface area contributed by atoms with E-state index in [0.717, 1.165) is 31.5 Å². The second kappa shape index (κ2) is 12.4. The zero-order chi connectivity index (χ0) is 26.3. The van der Waals surface area contributed by atoms with Crippen molar-refractivity contribution in [1.82, 2.24) is 19.2 Å².